The zero-order valence-electron chi connectivity index (χ0n) is 11.1. The summed E-state index contributed by atoms with van der Waals surface area (Å²) in [6.07, 6.45) is 8.70. The average molecular weight is 261 g/mol. The van der Waals surface area contributed by atoms with Gasteiger partial charge in [-0.25, -0.2) is 4.98 Å². The normalized spacial score (nSPS) is 15.0. The number of nitrogens with zero attached hydrogens (tertiary/aromatic N) is 3. The van der Waals surface area contributed by atoms with Crippen LogP contribution in [0.3, 0.4) is 0 Å². The number of imidazole rings is 1. The van der Waals surface area contributed by atoms with Crippen LogP contribution in [0.1, 0.15) is 36.4 Å². The summed E-state index contributed by atoms with van der Waals surface area (Å²) in [4.78, 5) is 4.01. The highest BCUT2D eigenvalue weighted by Crippen LogP contribution is 2.47. The van der Waals surface area contributed by atoms with Gasteiger partial charge in [0.2, 0.25) is 5.88 Å². The van der Waals surface area contributed by atoms with Crippen LogP contribution in [0.4, 0.5) is 0 Å². The molecule has 1 fully saturated rings. The highest BCUT2D eigenvalue weighted by molar-refractivity contribution is 5.48. The molecule has 1 saturated carbocycles. The third-order valence-corrected chi connectivity index (χ3v) is 3.82. The van der Waals surface area contributed by atoms with Crippen LogP contribution in [-0.2, 0) is 13.1 Å². The third kappa shape index (κ3) is 2.20. The molecule has 0 bridgehead atoms. The number of aryl methyl sites for hydroxylation is 1. The van der Waals surface area contributed by atoms with Gasteiger partial charge in [-0.3, -0.25) is 0 Å². The van der Waals surface area contributed by atoms with E-state index in [0.29, 0.717) is 5.92 Å². The summed E-state index contributed by atoms with van der Waals surface area (Å²) >= 11 is 0. The summed E-state index contributed by atoms with van der Waals surface area (Å²) in [5, 5.41) is 19.9. The van der Waals surface area contributed by atoms with Crippen LogP contribution in [-0.4, -0.2) is 24.3 Å². The zero-order valence-corrected chi connectivity index (χ0v) is 11.1. The molecule has 2 aromatic heterocycles. The fourth-order valence-corrected chi connectivity index (χ4v) is 2.67. The van der Waals surface area contributed by atoms with Crippen molar-refractivity contribution in [3.8, 4) is 11.6 Å². The number of hydrogen-bond donors (Lipinski definition) is 2. The maximum Gasteiger partial charge on any atom is 0.235 e. The van der Waals surface area contributed by atoms with Gasteiger partial charge in [-0.2, -0.15) is 0 Å². The lowest BCUT2D eigenvalue weighted by Crippen LogP contribution is -2.06. The Morgan fingerprint density at radius 3 is 2.74 bits per heavy atom. The maximum absolute atomic E-state index is 10.0. The molecule has 2 aromatic rings. The van der Waals surface area contributed by atoms with E-state index in [1.54, 1.807) is 12.5 Å². The molecule has 0 unspecified atom stereocenters. The first-order valence-corrected chi connectivity index (χ1v) is 6.75. The van der Waals surface area contributed by atoms with Gasteiger partial charge in [0, 0.05) is 36.7 Å². The minimum Gasteiger partial charge on any atom is -0.503 e. The lowest BCUT2D eigenvalue weighted by Gasteiger charge is -2.10. The molecule has 1 aliphatic rings. The molecule has 2 N–H and O–H groups in total. The predicted octanol–water partition coefficient (Wildman–Crippen LogP) is 2.37. The van der Waals surface area contributed by atoms with Crippen molar-refractivity contribution in [2.24, 2.45) is 0 Å². The molecule has 0 amide bonds. The molecule has 0 aliphatic heterocycles. The van der Waals surface area contributed by atoms with E-state index in [0.717, 1.165) is 43.6 Å². The van der Waals surface area contributed by atoms with Gasteiger partial charge in [0.1, 0.15) is 0 Å². The summed E-state index contributed by atoms with van der Waals surface area (Å²) in [5.74, 6) is 0.578. The third-order valence-electron chi connectivity index (χ3n) is 3.82. The standard InChI is InChI=1S/C14H19N3O2/c1-10-12(11-3-4-11)17(14(19)13(10)18)7-2-6-16-8-5-15-9-16/h5,8-9,11,18-19H,2-4,6-7H2,1H3. The van der Waals surface area contributed by atoms with Gasteiger partial charge in [0.05, 0.1) is 6.33 Å². The van der Waals surface area contributed by atoms with Crippen LogP contribution < -0.4 is 0 Å². The topological polar surface area (TPSA) is 63.2 Å². The largest absolute Gasteiger partial charge is 0.503 e. The Morgan fingerprint density at radius 2 is 2.11 bits per heavy atom. The predicted molar refractivity (Wildman–Crippen MR) is 71.3 cm³/mol. The summed E-state index contributed by atoms with van der Waals surface area (Å²) in [7, 11) is 0. The monoisotopic (exact) mass is 261 g/mol. The number of aromatic hydroxyl groups is 2. The number of rotatable bonds is 5. The zero-order chi connectivity index (χ0) is 13.4. The lowest BCUT2D eigenvalue weighted by molar-refractivity contribution is 0.364. The Bertz CT molecular complexity index is 568. The molecule has 102 valence electrons. The highest BCUT2D eigenvalue weighted by Gasteiger charge is 2.32. The van der Waals surface area contributed by atoms with E-state index in [1.165, 1.54) is 0 Å². The molecule has 0 spiro atoms. The van der Waals surface area contributed by atoms with Gasteiger partial charge in [0.25, 0.3) is 0 Å². The smallest absolute Gasteiger partial charge is 0.235 e. The molecule has 19 heavy (non-hydrogen) atoms. The van der Waals surface area contributed by atoms with Gasteiger partial charge >= 0.3 is 0 Å². The van der Waals surface area contributed by atoms with E-state index in [2.05, 4.69) is 4.98 Å². The number of hydrogen-bond acceptors (Lipinski definition) is 3. The maximum atomic E-state index is 10.0. The van der Waals surface area contributed by atoms with E-state index in [4.69, 9.17) is 0 Å². The number of aromatic nitrogens is 3. The molecule has 2 heterocycles. The van der Waals surface area contributed by atoms with Crippen molar-refractivity contribution >= 4 is 0 Å². The molecule has 5 heteroatoms. The summed E-state index contributed by atoms with van der Waals surface area (Å²) < 4.78 is 3.89. The van der Waals surface area contributed by atoms with Gasteiger partial charge in [0.15, 0.2) is 5.75 Å². The fourth-order valence-electron chi connectivity index (χ4n) is 2.67. The van der Waals surface area contributed by atoms with Crippen LogP contribution >= 0.6 is 0 Å². The van der Waals surface area contributed by atoms with Crippen molar-refractivity contribution in [3.05, 3.63) is 30.0 Å². The first-order chi connectivity index (χ1) is 9.18. The second-order valence-electron chi connectivity index (χ2n) is 5.26. The van der Waals surface area contributed by atoms with Crippen molar-refractivity contribution in [2.45, 2.75) is 45.2 Å². The van der Waals surface area contributed by atoms with Gasteiger partial charge in [-0.05, 0) is 32.1 Å². The molecule has 0 saturated heterocycles. The molecule has 1 aliphatic carbocycles. The molecule has 3 rings (SSSR count). The van der Waals surface area contributed by atoms with E-state index in [9.17, 15) is 10.2 Å². The molecule has 0 radical (unpaired) electrons. The van der Waals surface area contributed by atoms with Gasteiger partial charge in [-0.15, -0.1) is 0 Å². The van der Waals surface area contributed by atoms with Crippen molar-refractivity contribution in [1.82, 2.24) is 14.1 Å². The van der Waals surface area contributed by atoms with Crippen LogP contribution in [0.15, 0.2) is 18.7 Å². The van der Waals surface area contributed by atoms with Crippen LogP contribution in [0.25, 0.3) is 0 Å². The second-order valence-corrected chi connectivity index (χ2v) is 5.26. The highest BCUT2D eigenvalue weighted by atomic mass is 16.3. The first kappa shape index (κ1) is 12.1. The summed E-state index contributed by atoms with van der Waals surface area (Å²) in [6, 6.07) is 0. The molecular formula is C14H19N3O2. The van der Waals surface area contributed by atoms with Gasteiger partial charge in [-0.1, -0.05) is 0 Å². The minimum absolute atomic E-state index is 0.0185. The lowest BCUT2D eigenvalue weighted by atomic mass is 10.2. The molecule has 5 nitrogen and oxygen atoms in total. The average Bonchev–Trinajstić information content (AvgIpc) is 3.06. The van der Waals surface area contributed by atoms with Crippen LogP contribution in [0.2, 0.25) is 0 Å². The Balaban J connectivity index is 1.74. The SMILES string of the molecule is Cc1c(O)c(O)n(CCCn2ccnc2)c1C1CC1. The van der Waals surface area contributed by atoms with E-state index < -0.39 is 0 Å². The minimum atomic E-state index is 0.0185. The summed E-state index contributed by atoms with van der Waals surface area (Å²) in [6.45, 7) is 3.47. The molecule has 0 atom stereocenters. The fraction of sp³-hybridized carbons (Fsp3) is 0.500. The quantitative estimate of drug-likeness (QED) is 0.868. The van der Waals surface area contributed by atoms with Crippen molar-refractivity contribution in [1.29, 1.82) is 0 Å². The Kier molecular flexibility index (Phi) is 2.97. The van der Waals surface area contributed by atoms with Crippen molar-refractivity contribution < 1.29 is 10.2 Å². The van der Waals surface area contributed by atoms with Gasteiger partial charge < -0.3 is 19.3 Å². The van der Waals surface area contributed by atoms with E-state index >= 15 is 0 Å². The molecule has 0 aromatic carbocycles. The van der Waals surface area contributed by atoms with Crippen LogP contribution in [0.5, 0.6) is 11.6 Å². The van der Waals surface area contributed by atoms with Crippen molar-refractivity contribution in [3.63, 3.8) is 0 Å². The molecular weight excluding hydrogens is 242 g/mol. The van der Waals surface area contributed by atoms with E-state index in [1.807, 2.05) is 22.3 Å². The first-order valence-electron chi connectivity index (χ1n) is 6.75. The van der Waals surface area contributed by atoms with E-state index in [-0.39, 0.29) is 11.6 Å². The second kappa shape index (κ2) is 4.64. The Labute approximate surface area is 112 Å². The Morgan fingerprint density at radius 1 is 1.32 bits per heavy atom. The summed E-state index contributed by atoms with van der Waals surface area (Å²) in [5.41, 5.74) is 1.95. The van der Waals surface area contributed by atoms with Crippen molar-refractivity contribution in [2.75, 3.05) is 0 Å². The Hall–Kier alpha value is -1.91. The van der Waals surface area contributed by atoms with Crippen LogP contribution in [0, 0.1) is 6.92 Å².